The number of aryl methyl sites for hydroxylation is 1. The van der Waals surface area contributed by atoms with Gasteiger partial charge in [0.15, 0.2) is 0 Å². The Bertz CT molecular complexity index is 407. The molecule has 1 aliphatic rings. The molecule has 1 saturated carbocycles. The van der Waals surface area contributed by atoms with Crippen LogP contribution < -0.4 is 11.1 Å². The molecule has 3 N–H and O–H groups in total. The molecule has 1 aromatic rings. The van der Waals surface area contributed by atoms with Gasteiger partial charge in [-0.1, -0.05) is 26.2 Å². The highest BCUT2D eigenvalue weighted by molar-refractivity contribution is 5.97. The summed E-state index contributed by atoms with van der Waals surface area (Å²) in [5, 5.41) is 6.96. The van der Waals surface area contributed by atoms with Crippen LogP contribution in [0.3, 0.4) is 0 Å². The molecule has 1 heterocycles. The average molecular weight is 250 g/mol. The molecule has 2 atom stereocenters. The highest BCUT2D eigenvalue weighted by Crippen LogP contribution is 2.28. The molecule has 0 aromatic carbocycles. The molecule has 1 amide bonds. The number of carbonyl (C=O) groups is 1. The minimum Gasteiger partial charge on any atom is -0.396 e. The van der Waals surface area contributed by atoms with Crippen LogP contribution in [0, 0.1) is 11.8 Å². The molecule has 5 heteroatoms. The third-order valence-corrected chi connectivity index (χ3v) is 4.00. The fourth-order valence-electron chi connectivity index (χ4n) is 2.74. The van der Waals surface area contributed by atoms with E-state index in [9.17, 15) is 4.79 Å². The van der Waals surface area contributed by atoms with Gasteiger partial charge < -0.3 is 11.1 Å². The summed E-state index contributed by atoms with van der Waals surface area (Å²) in [5.74, 6) is 1.17. The molecule has 0 spiro atoms. The largest absolute Gasteiger partial charge is 0.396 e. The van der Waals surface area contributed by atoms with Crippen LogP contribution in [0.2, 0.25) is 0 Å². The van der Waals surface area contributed by atoms with Crippen LogP contribution >= 0.6 is 0 Å². The first-order chi connectivity index (χ1) is 8.59. The molecule has 0 radical (unpaired) electrons. The highest BCUT2D eigenvalue weighted by atomic mass is 16.2. The second-order valence-corrected chi connectivity index (χ2v) is 5.30. The molecule has 0 bridgehead atoms. The predicted molar refractivity (Wildman–Crippen MR) is 71.1 cm³/mol. The first kappa shape index (κ1) is 12.9. The van der Waals surface area contributed by atoms with E-state index >= 15 is 0 Å². The maximum absolute atomic E-state index is 12.0. The molecule has 2 rings (SSSR count). The number of aromatic nitrogens is 2. The topological polar surface area (TPSA) is 72.9 Å². The van der Waals surface area contributed by atoms with Crippen LogP contribution in [0.5, 0.6) is 0 Å². The monoisotopic (exact) mass is 250 g/mol. The van der Waals surface area contributed by atoms with Crippen LogP contribution in [-0.2, 0) is 7.05 Å². The van der Waals surface area contributed by atoms with Crippen LogP contribution in [0.15, 0.2) is 6.20 Å². The predicted octanol–water partition coefficient (Wildman–Crippen LogP) is 1.56. The van der Waals surface area contributed by atoms with Gasteiger partial charge in [0.25, 0.3) is 5.91 Å². The van der Waals surface area contributed by atoms with Gasteiger partial charge in [0.05, 0.1) is 11.9 Å². The Labute approximate surface area is 108 Å². The Hall–Kier alpha value is -1.52. The van der Waals surface area contributed by atoms with Crippen LogP contribution in [0.4, 0.5) is 5.69 Å². The van der Waals surface area contributed by atoms with E-state index in [1.807, 2.05) is 0 Å². The maximum atomic E-state index is 12.0. The average Bonchev–Trinajstić information content (AvgIpc) is 2.68. The zero-order valence-electron chi connectivity index (χ0n) is 11.1. The van der Waals surface area contributed by atoms with Crippen molar-refractivity contribution < 1.29 is 4.79 Å². The molecule has 18 heavy (non-hydrogen) atoms. The zero-order valence-corrected chi connectivity index (χ0v) is 11.1. The second-order valence-electron chi connectivity index (χ2n) is 5.30. The fraction of sp³-hybridized carbons (Fsp3) is 0.692. The molecular formula is C13H22N4O. The number of anilines is 1. The van der Waals surface area contributed by atoms with Crippen molar-refractivity contribution in [3.05, 3.63) is 11.9 Å². The van der Waals surface area contributed by atoms with Gasteiger partial charge in [-0.05, 0) is 18.3 Å². The minimum atomic E-state index is -0.120. The number of hydrogen-bond donors (Lipinski definition) is 2. The summed E-state index contributed by atoms with van der Waals surface area (Å²) in [7, 11) is 1.73. The van der Waals surface area contributed by atoms with Crippen LogP contribution in [0.1, 0.15) is 43.1 Å². The Morgan fingerprint density at radius 2 is 2.28 bits per heavy atom. The summed E-state index contributed by atoms with van der Waals surface area (Å²) >= 11 is 0. The number of nitrogen functional groups attached to an aromatic ring is 1. The highest BCUT2D eigenvalue weighted by Gasteiger charge is 2.23. The standard InChI is InChI=1S/C13H22N4O/c1-9-5-3-4-6-10(9)7-15-13(18)12-11(14)8-16-17(12)2/h8-10H,3-7,14H2,1-2H3,(H,15,18). The molecular weight excluding hydrogens is 228 g/mol. The van der Waals surface area contributed by atoms with Gasteiger partial charge in [-0.25, -0.2) is 0 Å². The number of carbonyl (C=O) groups excluding carboxylic acids is 1. The van der Waals surface area contributed by atoms with Gasteiger partial charge in [-0.15, -0.1) is 0 Å². The molecule has 5 nitrogen and oxygen atoms in total. The number of nitrogens with zero attached hydrogens (tertiary/aromatic N) is 2. The van der Waals surface area contributed by atoms with Gasteiger partial charge in [0, 0.05) is 13.6 Å². The zero-order chi connectivity index (χ0) is 13.1. The molecule has 2 unspecified atom stereocenters. The molecule has 0 saturated heterocycles. The van der Waals surface area contributed by atoms with Gasteiger partial charge in [-0.2, -0.15) is 5.10 Å². The summed E-state index contributed by atoms with van der Waals surface area (Å²) in [6.45, 7) is 3.01. The molecule has 1 aromatic heterocycles. The van der Waals surface area contributed by atoms with Crippen LogP contribution in [-0.4, -0.2) is 22.2 Å². The number of nitrogens with two attached hydrogens (primary N) is 1. The lowest BCUT2D eigenvalue weighted by atomic mass is 9.80. The van der Waals surface area contributed by atoms with Gasteiger partial charge in [0.2, 0.25) is 0 Å². The molecule has 100 valence electrons. The third kappa shape index (κ3) is 2.66. The first-order valence-electron chi connectivity index (χ1n) is 6.65. The first-order valence-corrected chi connectivity index (χ1v) is 6.65. The van der Waals surface area contributed by atoms with E-state index in [-0.39, 0.29) is 5.91 Å². The van der Waals surface area contributed by atoms with E-state index < -0.39 is 0 Å². The summed E-state index contributed by atoms with van der Waals surface area (Å²) in [4.78, 5) is 12.0. The Kier molecular flexibility index (Phi) is 3.89. The van der Waals surface area contributed by atoms with Crippen molar-refractivity contribution in [3.63, 3.8) is 0 Å². The molecule has 1 aliphatic carbocycles. The number of rotatable bonds is 3. The van der Waals surface area contributed by atoms with E-state index in [4.69, 9.17) is 5.73 Å². The number of amides is 1. The Morgan fingerprint density at radius 3 is 2.89 bits per heavy atom. The SMILES string of the molecule is CC1CCCCC1CNC(=O)c1c(N)cnn1C. The van der Waals surface area contributed by atoms with E-state index in [2.05, 4.69) is 17.3 Å². The van der Waals surface area contributed by atoms with E-state index in [1.54, 1.807) is 7.05 Å². The van der Waals surface area contributed by atoms with E-state index in [0.29, 0.717) is 23.2 Å². The minimum absolute atomic E-state index is 0.120. The number of hydrogen-bond acceptors (Lipinski definition) is 3. The quantitative estimate of drug-likeness (QED) is 0.855. The van der Waals surface area contributed by atoms with Crippen molar-refractivity contribution in [3.8, 4) is 0 Å². The van der Waals surface area contributed by atoms with Crippen molar-refractivity contribution in [2.24, 2.45) is 18.9 Å². The normalized spacial score (nSPS) is 23.9. The summed E-state index contributed by atoms with van der Waals surface area (Å²) in [6, 6.07) is 0. The van der Waals surface area contributed by atoms with Crippen molar-refractivity contribution in [2.75, 3.05) is 12.3 Å². The van der Waals surface area contributed by atoms with Crippen molar-refractivity contribution in [1.82, 2.24) is 15.1 Å². The van der Waals surface area contributed by atoms with Gasteiger partial charge in [0.1, 0.15) is 5.69 Å². The lowest BCUT2D eigenvalue weighted by Crippen LogP contribution is -2.34. The van der Waals surface area contributed by atoms with Crippen molar-refractivity contribution in [1.29, 1.82) is 0 Å². The molecule has 1 fully saturated rings. The third-order valence-electron chi connectivity index (χ3n) is 4.00. The van der Waals surface area contributed by atoms with Gasteiger partial charge in [-0.3, -0.25) is 9.48 Å². The fourth-order valence-corrected chi connectivity index (χ4v) is 2.74. The van der Waals surface area contributed by atoms with E-state index in [0.717, 1.165) is 6.54 Å². The smallest absolute Gasteiger partial charge is 0.271 e. The summed E-state index contributed by atoms with van der Waals surface area (Å²) < 4.78 is 1.52. The van der Waals surface area contributed by atoms with Crippen molar-refractivity contribution >= 4 is 11.6 Å². The molecule has 0 aliphatic heterocycles. The van der Waals surface area contributed by atoms with Gasteiger partial charge >= 0.3 is 0 Å². The Balaban J connectivity index is 1.92. The summed E-state index contributed by atoms with van der Waals surface area (Å²) in [6.07, 6.45) is 6.59. The van der Waals surface area contributed by atoms with Crippen molar-refractivity contribution in [2.45, 2.75) is 32.6 Å². The van der Waals surface area contributed by atoms with E-state index in [1.165, 1.54) is 36.6 Å². The Morgan fingerprint density at radius 1 is 1.56 bits per heavy atom. The number of nitrogens with one attached hydrogen (secondary N) is 1. The second kappa shape index (κ2) is 5.42. The summed E-state index contributed by atoms with van der Waals surface area (Å²) in [5.41, 5.74) is 6.63. The lowest BCUT2D eigenvalue weighted by Gasteiger charge is -2.28. The lowest BCUT2D eigenvalue weighted by molar-refractivity contribution is 0.0928. The van der Waals surface area contributed by atoms with Crippen LogP contribution in [0.25, 0.3) is 0 Å². The maximum Gasteiger partial charge on any atom is 0.271 e.